The van der Waals surface area contributed by atoms with Gasteiger partial charge in [-0.15, -0.1) is 10.1 Å². The van der Waals surface area contributed by atoms with Gasteiger partial charge in [-0.1, -0.05) is 0 Å². The number of hydrogen-bond donors (Lipinski definition) is 1. The molecule has 0 fully saturated rings. The Morgan fingerprint density at radius 2 is 1.57 bits per heavy atom. The van der Waals surface area contributed by atoms with Gasteiger partial charge < -0.3 is 5.21 Å². The Hall–Kier alpha value is -0.446. The van der Waals surface area contributed by atoms with Gasteiger partial charge in [0.2, 0.25) is 0 Å². The molecule has 0 aromatic carbocycles. The number of nitrogens with zero attached hydrogens (tertiary/aromatic N) is 1. The van der Waals surface area contributed by atoms with E-state index < -0.39 is 5.09 Å². The van der Waals surface area contributed by atoms with Crippen LogP contribution < -0.4 is 0 Å². The van der Waals surface area contributed by atoms with E-state index >= 15 is 0 Å². The van der Waals surface area contributed by atoms with Crippen LogP contribution in [-0.2, 0) is 16.5 Å². The zero-order valence-electron chi connectivity index (χ0n) is 2.78. The third-order valence-corrected chi connectivity index (χ3v) is 0. The maximum atomic E-state index is 8.36. The van der Waals surface area contributed by atoms with Gasteiger partial charge in [0.05, 0.1) is 0 Å². The third kappa shape index (κ3) is 352. The van der Waals surface area contributed by atoms with Crippen molar-refractivity contribution in [3.8, 4) is 0 Å². The van der Waals surface area contributed by atoms with E-state index in [1.807, 2.05) is 0 Å². The van der Waals surface area contributed by atoms with Gasteiger partial charge in [0.15, 0.2) is 0 Å². The van der Waals surface area contributed by atoms with E-state index in [4.69, 9.17) is 24.5 Å². The first-order chi connectivity index (χ1) is 2.73. The molecule has 0 saturated heterocycles. The Morgan fingerprint density at radius 1 is 1.57 bits per heavy atom. The fraction of sp³-hybridized carbons (Fsp3) is 0. The van der Waals surface area contributed by atoms with Crippen LogP contribution in [0.25, 0.3) is 0 Å². The summed E-state index contributed by atoms with van der Waals surface area (Å²) in [5.74, 6) is 0. The van der Waals surface area contributed by atoms with E-state index in [9.17, 15) is 0 Å². The van der Waals surface area contributed by atoms with E-state index in [0.717, 1.165) is 0 Å². The van der Waals surface area contributed by atoms with Crippen LogP contribution >= 0.6 is 0 Å². The van der Waals surface area contributed by atoms with Gasteiger partial charge in [0, 0.05) is 25.6 Å². The molecule has 7 heavy (non-hydrogen) atoms. The van der Waals surface area contributed by atoms with E-state index in [-0.39, 0.29) is 16.5 Å². The maximum Gasteiger partial charge on any atom is 0.291 e. The summed E-state index contributed by atoms with van der Waals surface area (Å²) in [7, 11) is 0. The Labute approximate surface area is 47.0 Å². The summed E-state index contributed by atoms with van der Waals surface area (Å²) >= 11 is 0. The Kier molecular flexibility index (Phi) is 40.4. The molecular formula is HF2NNiO3. The van der Waals surface area contributed by atoms with Crippen molar-refractivity contribution >= 4 is 0 Å². The van der Waals surface area contributed by atoms with Crippen molar-refractivity contribution < 1.29 is 35.9 Å². The minimum Gasteiger partial charge on any atom is -0.328 e. The van der Waals surface area contributed by atoms with Crippen molar-refractivity contribution in [1.82, 2.24) is 0 Å². The summed E-state index contributed by atoms with van der Waals surface area (Å²) in [6.07, 6.45) is 0. The molecule has 0 aliphatic carbocycles. The molecule has 0 saturated carbocycles. The molecule has 48 valence electrons. The molecule has 0 aromatic heterocycles. The van der Waals surface area contributed by atoms with Gasteiger partial charge >= 0.3 is 0 Å². The van der Waals surface area contributed by atoms with Crippen molar-refractivity contribution in [1.29, 1.82) is 0 Å². The van der Waals surface area contributed by atoms with Crippen molar-refractivity contribution in [3.05, 3.63) is 10.1 Å². The van der Waals surface area contributed by atoms with Crippen molar-refractivity contribution in [2.24, 2.45) is 0 Å². The molecule has 0 amide bonds. The summed E-state index contributed by atoms with van der Waals surface area (Å²) in [6, 6.07) is 0. The number of rotatable bonds is 0. The molecule has 0 spiro atoms. The smallest absolute Gasteiger partial charge is 0.291 e. The molecule has 0 aromatic rings. The molecule has 0 unspecified atom stereocenters. The predicted molar refractivity (Wildman–Crippen MR) is 11.0 cm³/mol. The number of hydrogen-bond acceptors (Lipinski definition) is 2. The first-order valence-corrected chi connectivity index (χ1v) is 0.708. The zero-order valence-corrected chi connectivity index (χ0v) is 3.77. The molecular weight excluding hydrogens is 159 g/mol. The zero-order chi connectivity index (χ0) is 5.58. The van der Waals surface area contributed by atoms with Crippen molar-refractivity contribution in [2.45, 2.75) is 0 Å². The molecule has 0 heterocycles. The number of halogens is 2. The fourth-order valence-electron chi connectivity index (χ4n) is 0. The van der Waals surface area contributed by atoms with E-state index in [1.54, 1.807) is 0 Å². The molecule has 4 nitrogen and oxygen atoms in total. The van der Waals surface area contributed by atoms with Crippen molar-refractivity contribution in [2.75, 3.05) is 0 Å². The average molecular weight is 160 g/mol. The maximum absolute atomic E-state index is 8.36. The standard InChI is InChI=1S/F2.HNO3.Ni/c1-2;2-1(3)4;/h;(H,2,3,4);. The Balaban J connectivity index is -0.0000000480. The second-order valence-corrected chi connectivity index (χ2v) is 0.238. The first kappa shape index (κ1) is 16.0. The second kappa shape index (κ2) is 17.7. The summed E-state index contributed by atoms with van der Waals surface area (Å²) in [5, 5.41) is 13.6. The van der Waals surface area contributed by atoms with E-state index in [2.05, 4.69) is 0 Å². The molecule has 0 aliphatic rings. The SMILES string of the molecule is FF.O=[N+]([O-])O.[Ni]. The molecule has 7 heteroatoms. The van der Waals surface area contributed by atoms with Crippen molar-refractivity contribution in [3.63, 3.8) is 0 Å². The van der Waals surface area contributed by atoms with Gasteiger partial charge in [-0.3, -0.25) is 0 Å². The molecule has 0 bridgehead atoms. The topological polar surface area (TPSA) is 63.4 Å². The van der Waals surface area contributed by atoms with Crippen LogP contribution in [0.4, 0.5) is 9.15 Å². The van der Waals surface area contributed by atoms with Gasteiger partial charge in [-0.2, -0.15) is 0 Å². The monoisotopic (exact) mass is 159 g/mol. The summed E-state index contributed by atoms with van der Waals surface area (Å²) in [4.78, 5) is 8.36. The van der Waals surface area contributed by atoms with Gasteiger partial charge in [-0.25, -0.2) is 0 Å². The average Bonchev–Trinajstić information content (AvgIpc) is 1.41. The van der Waals surface area contributed by atoms with Gasteiger partial charge in [0.25, 0.3) is 5.09 Å². The van der Waals surface area contributed by atoms with E-state index in [0.29, 0.717) is 0 Å². The Morgan fingerprint density at radius 3 is 1.57 bits per heavy atom. The Bertz CT molecular complexity index is 35.9. The van der Waals surface area contributed by atoms with Gasteiger partial charge in [-0.05, 0) is 0 Å². The normalized spacial score (nSPS) is 4.29. The van der Waals surface area contributed by atoms with Gasteiger partial charge in [0.1, 0.15) is 0 Å². The quantitative estimate of drug-likeness (QED) is 0.318. The van der Waals surface area contributed by atoms with Crippen LogP contribution in [0.3, 0.4) is 0 Å². The summed E-state index contributed by atoms with van der Waals surface area (Å²) < 4.78 is 16.0. The van der Waals surface area contributed by atoms with E-state index in [1.165, 1.54) is 0 Å². The van der Waals surface area contributed by atoms with Crippen LogP contribution in [0.15, 0.2) is 0 Å². The van der Waals surface area contributed by atoms with Crippen LogP contribution in [-0.4, -0.2) is 10.3 Å². The molecule has 0 rings (SSSR count). The molecule has 0 atom stereocenters. The van der Waals surface area contributed by atoms with Crippen LogP contribution in [0.5, 0.6) is 0 Å². The first-order valence-electron chi connectivity index (χ1n) is 0.708. The summed E-state index contributed by atoms with van der Waals surface area (Å²) in [5.41, 5.74) is 0. The van der Waals surface area contributed by atoms with Crippen LogP contribution in [0.1, 0.15) is 0 Å². The largest absolute Gasteiger partial charge is 0.328 e. The third-order valence-electron chi connectivity index (χ3n) is 0. The fourth-order valence-corrected chi connectivity index (χ4v) is 0. The molecule has 0 radical (unpaired) electrons. The molecule has 0 aliphatic heterocycles. The summed E-state index contributed by atoms with van der Waals surface area (Å²) in [6.45, 7) is 0. The van der Waals surface area contributed by atoms with Crippen LogP contribution in [0, 0.1) is 10.1 Å². The minimum atomic E-state index is -1.50. The van der Waals surface area contributed by atoms with Crippen LogP contribution in [0.2, 0.25) is 0 Å². The second-order valence-electron chi connectivity index (χ2n) is 0.238. The molecule has 1 N–H and O–H groups in total. The predicted octanol–water partition coefficient (Wildman–Crippen LogP) is 0.490. The minimum absolute atomic E-state index is 0.